The zero-order valence-electron chi connectivity index (χ0n) is 19.2. The lowest BCUT2D eigenvalue weighted by Gasteiger charge is -2.30. The summed E-state index contributed by atoms with van der Waals surface area (Å²) < 4.78 is 7.71. The first-order valence-electron chi connectivity index (χ1n) is 12.3. The van der Waals surface area contributed by atoms with Gasteiger partial charge in [-0.2, -0.15) is 0 Å². The van der Waals surface area contributed by atoms with E-state index in [-0.39, 0.29) is 18.0 Å². The van der Waals surface area contributed by atoms with Crippen LogP contribution in [0, 0.1) is 5.92 Å². The Hall–Kier alpha value is -2.53. The highest BCUT2D eigenvalue weighted by atomic mass is 35.5. The van der Waals surface area contributed by atoms with Crippen LogP contribution < -0.4 is 10.1 Å². The molecule has 3 aromatic rings. The predicted octanol–water partition coefficient (Wildman–Crippen LogP) is 6.55. The molecular formula is C27H32ClN3O2. The summed E-state index contributed by atoms with van der Waals surface area (Å²) in [6.07, 6.45) is 10.3. The number of ether oxygens (including phenoxy) is 1. The lowest BCUT2D eigenvalue weighted by molar-refractivity contribution is -0.126. The van der Waals surface area contributed by atoms with Gasteiger partial charge in [0.1, 0.15) is 17.6 Å². The van der Waals surface area contributed by atoms with Crippen LogP contribution in [0.4, 0.5) is 0 Å². The number of benzene rings is 2. The monoisotopic (exact) mass is 465 g/mol. The smallest absolute Gasteiger partial charge is 0.243 e. The highest BCUT2D eigenvalue weighted by Crippen LogP contribution is 2.40. The molecule has 0 bridgehead atoms. The molecule has 1 unspecified atom stereocenters. The van der Waals surface area contributed by atoms with Gasteiger partial charge in [0, 0.05) is 22.7 Å². The Morgan fingerprint density at radius 2 is 1.73 bits per heavy atom. The van der Waals surface area contributed by atoms with E-state index in [1.807, 2.05) is 42.5 Å². The van der Waals surface area contributed by atoms with Gasteiger partial charge in [-0.1, -0.05) is 43.7 Å². The molecule has 33 heavy (non-hydrogen) atoms. The molecule has 5 rings (SSSR count). The molecule has 1 amide bonds. The molecular weight excluding hydrogens is 434 g/mol. The SMILES string of the molecule is COc1ccc2nc(-c3ccc(Cl)cc3)n(C(C(=O)NC3CCCCC3)C3CCCC3)c2c1. The lowest BCUT2D eigenvalue weighted by atomic mass is 9.93. The van der Waals surface area contributed by atoms with Gasteiger partial charge in [-0.3, -0.25) is 4.79 Å². The zero-order valence-corrected chi connectivity index (χ0v) is 20.0. The van der Waals surface area contributed by atoms with Crippen molar-refractivity contribution < 1.29 is 9.53 Å². The van der Waals surface area contributed by atoms with Crippen LogP contribution in [0.25, 0.3) is 22.4 Å². The first kappa shape index (κ1) is 22.3. The van der Waals surface area contributed by atoms with E-state index in [9.17, 15) is 4.79 Å². The summed E-state index contributed by atoms with van der Waals surface area (Å²) in [7, 11) is 1.67. The van der Waals surface area contributed by atoms with Gasteiger partial charge >= 0.3 is 0 Å². The molecule has 1 heterocycles. The lowest BCUT2D eigenvalue weighted by Crippen LogP contribution is -2.43. The molecule has 0 radical (unpaired) electrons. The Balaban J connectivity index is 1.64. The molecule has 1 aromatic heterocycles. The van der Waals surface area contributed by atoms with Gasteiger partial charge in [-0.25, -0.2) is 4.98 Å². The number of nitrogens with zero attached hydrogens (tertiary/aromatic N) is 2. The van der Waals surface area contributed by atoms with Crippen molar-refractivity contribution in [3.05, 3.63) is 47.5 Å². The molecule has 0 spiro atoms. The van der Waals surface area contributed by atoms with E-state index in [0.29, 0.717) is 10.9 Å². The Bertz CT molecular complexity index is 1110. The average Bonchev–Trinajstić information content (AvgIpc) is 3.49. The molecule has 6 heteroatoms. The quantitative estimate of drug-likeness (QED) is 0.449. The summed E-state index contributed by atoms with van der Waals surface area (Å²) >= 11 is 6.17. The van der Waals surface area contributed by atoms with Crippen LogP contribution in [-0.2, 0) is 4.79 Å². The molecule has 2 fully saturated rings. The molecule has 2 aliphatic rings. The fourth-order valence-electron chi connectivity index (χ4n) is 5.63. The first-order chi connectivity index (χ1) is 16.1. The third-order valence-corrected chi connectivity index (χ3v) is 7.60. The number of hydrogen-bond acceptors (Lipinski definition) is 3. The highest BCUT2D eigenvalue weighted by molar-refractivity contribution is 6.30. The summed E-state index contributed by atoms with van der Waals surface area (Å²) in [6.45, 7) is 0. The molecule has 1 N–H and O–H groups in total. The van der Waals surface area contributed by atoms with Gasteiger partial charge in [0.2, 0.25) is 5.91 Å². The van der Waals surface area contributed by atoms with Crippen molar-refractivity contribution in [1.82, 2.24) is 14.9 Å². The Morgan fingerprint density at radius 1 is 1.03 bits per heavy atom. The number of rotatable bonds is 6. The van der Waals surface area contributed by atoms with E-state index in [1.165, 1.54) is 32.1 Å². The summed E-state index contributed by atoms with van der Waals surface area (Å²) in [5, 5.41) is 4.11. The summed E-state index contributed by atoms with van der Waals surface area (Å²) in [6, 6.07) is 13.6. The second kappa shape index (κ2) is 9.76. The Kier molecular flexibility index (Phi) is 6.59. The highest BCUT2D eigenvalue weighted by Gasteiger charge is 2.36. The van der Waals surface area contributed by atoms with Crippen LogP contribution in [0.2, 0.25) is 5.02 Å². The topological polar surface area (TPSA) is 56.2 Å². The van der Waals surface area contributed by atoms with Crippen molar-refractivity contribution in [2.24, 2.45) is 5.92 Å². The van der Waals surface area contributed by atoms with E-state index in [0.717, 1.165) is 53.9 Å². The fraction of sp³-hybridized carbons (Fsp3) is 0.481. The van der Waals surface area contributed by atoms with Crippen LogP contribution in [0.5, 0.6) is 5.75 Å². The number of halogens is 1. The van der Waals surface area contributed by atoms with Crippen molar-refractivity contribution in [3.63, 3.8) is 0 Å². The average molecular weight is 466 g/mol. The maximum absolute atomic E-state index is 13.9. The van der Waals surface area contributed by atoms with Gasteiger partial charge in [-0.05, 0) is 68.0 Å². The van der Waals surface area contributed by atoms with Crippen molar-refractivity contribution >= 4 is 28.5 Å². The van der Waals surface area contributed by atoms with Crippen LogP contribution in [0.1, 0.15) is 63.8 Å². The van der Waals surface area contributed by atoms with Crippen molar-refractivity contribution in [1.29, 1.82) is 0 Å². The second-order valence-electron chi connectivity index (χ2n) is 9.50. The molecule has 2 aromatic carbocycles. The number of carbonyl (C=O) groups is 1. The molecule has 1 atom stereocenters. The zero-order chi connectivity index (χ0) is 22.8. The first-order valence-corrected chi connectivity index (χ1v) is 12.6. The number of imidazole rings is 1. The fourth-order valence-corrected chi connectivity index (χ4v) is 5.76. The molecule has 2 saturated carbocycles. The standard InChI is InChI=1S/C27H32ClN3O2/c1-33-22-15-16-23-24(17-22)31(26(30-23)19-11-13-20(28)14-12-19)25(18-7-5-6-8-18)27(32)29-21-9-3-2-4-10-21/h11-18,21,25H,2-10H2,1H3,(H,29,32). The minimum Gasteiger partial charge on any atom is -0.497 e. The number of nitrogens with one attached hydrogen (secondary N) is 1. The van der Waals surface area contributed by atoms with E-state index < -0.39 is 0 Å². The number of fused-ring (bicyclic) bond motifs is 1. The number of aromatic nitrogens is 2. The van der Waals surface area contributed by atoms with E-state index in [4.69, 9.17) is 21.3 Å². The third kappa shape index (κ3) is 4.61. The normalized spacial score (nSPS) is 18.5. The number of methoxy groups -OCH3 is 1. The molecule has 5 nitrogen and oxygen atoms in total. The van der Waals surface area contributed by atoms with Crippen molar-refractivity contribution in [3.8, 4) is 17.1 Å². The molecule has 0 saturated heterocycles. The van der Waals surface area contributed by atoms with Gasteiger partial charge < -0.3 is 14.6 Å². The maximum Gasteiger partial charge on any atom is 0.243 e. The van der Waals surface area contributed by atoms with Crippen molar-refractivity contribution in [2.75, 3.05) is 7.11 Å². The molecule has 2 aliphatic carbocycles. The summed E-state index contributed by atoms with van der Waals surface area (Å²) in [5.41, 5.74) is 2.77. The van der Waals surface area contributed by atoms with Gasteiger partial charge in [0.25, 0.3) is 0 Å². The van der Waals surface area contributed by atoms with Gasteiger partial charge in [0.15, 0.2) is 0 Å². The minimum atomic E-state index is -0.294. The summed E-state index contributed by atoms with van der Waals surface area (Å²) in [4.78, 5) is 18.9. The number of hydrogen-bond donors (Lipinski definition) is 1. The van der Waals surface area contributed by atoms with E-state index >= 15 is 0 Å². The maximum atomic E-state index is 13.9. The van der Waals surface area contributed by atoms with Gasteiger partial charge in [0.05, 0.1) is 18.1 Å². The molecule has 174 valence electrons. The Labute approximate surface area is 200 Å². The Morgan fingerprint density at radius 3 is 2.42 bits per heavy atom. The largest absolute Gasteiger partial charge is 0.497 e. The van der Waals surface area contributed by atoms with Crippen LogP contribution in [-0.4, -0.2) is 28.6 Å². The number of amides is 1. The van der Waals surface area contributed by atoms with Crippen LogP contribution in [0.3, 0.4) is 0 Å². The van der Waals surface area contributed by atoms with Gasteiger partial charge in [-0.15, -0.1) is 0 Å². The summed E-state index contributed by atoms with van der Waals surface area (Å²) in [5.74, 6) is 2.00. The number of carbonyl (C=O) groups excluding carboxylic acids is 1. The molecule has 0 aliphatic heterocycles. The van der Waals surface area contributed by atoms with E-state index in [2.05, 4.69) is 9.88 Å². The van der Waals surface area contributed by atoms with Crippen molar-refractivity contribution in [2.45, 2.75) is 69.9 Å². The third-order valence-electron chi connectivity index (χ3n) is 7.34. The van der Waals surface area contributed by atoms with Crippen LogP contribution >= 0.6 is 11.6 Å². The predicted molar refractivity (Wildman–Crippen MR) is 133 cm³/mol. The second-order valence-corrected chi connectivity index (χ2v) is 9.94. The minimum absolute atomic E-state index is 0.131. The van der Waals surface area contributed by atoms with E-state index in [1.54, 1.807) is 7.11 Å². The van der Waals surface area contributed by atoms with Crippen LogP contribution in [0.15, 0.2) is 42.5 Å².